The van der Waals surface area contributed by atoms with Gasteiger partial charge in [0.1, 0.15) is 12.3 Å². The van der Waals surface area contributed by atoms with Crippen LogP contribution in [0.3, 0.4) is 0 Å². The van der Waals surface area contributed by atoms with E-state index in [2.05, 4.69) is 12.2 Å². The summed E-state index contributed by atoms with van der Waals surface area (Å²) < 4.78 is 5.57. The van der Waals surface area contributed by atoms with Gasteiger partial charge in [0.25, 0.3) is 5.91 Å². The van der Waals surface area contributed by atoms with Crippen molar-refractivity contribution in [1.82, 2.24) is 5.32 Å². The number of Topliss-reactive ketones (excluding diaryl/α,β-unsaturated/α-hetero) is 1. The summed E-state index contributed by atoms with van der Waals surface area (Å²) >= 11 is 0. The van der Waals surface area contributed by atoms with Crippen molar-refractivity contribution in [3.05, 3.63) is 23.8 Å². The Kier molecular flexibility index (Phi) is 5.95. The highest BCUT2D eigenvalue weighted by atomic mass is 16.5. The summed E-state index contributed by atoms with van der Waals surface area (Å²) in [5, 5.41) is 2.83. The second kappa shape index (κ2) is 7.95. The lowest BCUT2D eigenvalue weighted by molar-refractivity contribution is -0.128. The number of hydrogen-bond acceptors (Lipinski definition) is 4. The summed E-state index contributed by atoms with van der Waals surface area (Å²) in [6, 6.07) is 4.93. The lowest BCUT2D eigenvalue weighted by atomic mass is 10.1. The molecule has 1 aliphatic heterocycles. The minimum Gasteiger partial charge on any atom is -0.479 e. The van der Waals surface area contributed by atoms with Gasteiger partial charge in [0.15, 0.2) is 11.9 Å². The Morgan fingerprint density at radius 2 is 2.04 bits per heavy atom. The number of unbranched alkanes of at least 4 members (excludes halogenated alkanes) is 2. The van der Waals surface area contributed by atoms with Crippen LogP contribution in [0, 0.1) is 0 Å². The summed E-state index contributed by atoms with van der Waals surface area (Å²) in [5.41, 5.74) is 0.947. The fourth-order valence-corrected chi connectivity index (χ4v) is 2.59. The maximum Gasteiger partial charge on any atom is 0.268 e. The fourth-order valence-electron chi connectivity index (χ4n) is 2.59. The summed E-state index contributed by atoms with van der Waals surface area (Å²) in [5.74, 6) is -0.0987. The van der Waals surface area contributed by atoms with Crippen LogP contribution in [0.5, 0.6) is 5.75 Å². The number of anilines is 1. The molecule has 1 aliphatic rings. The average Bonchev–Trinajstić information content (AvgIpc) is 2.55. The van der Waals surface area contributed by atoms with Gasteiger partial charge in [-0.15, -0.1) is 0 Å². The van der Waals surface area contributed by atoms with E-state index in [1.54, 1.807) is 25.1 Å². The number of nitrogens with zero attached hydrogens (tertiary/aromatic N) is 1. The smallest absolute Gasteiger partial charge is 0.268 e. The SMILES string of the molecule is CCCCCNC(=O)CN1C(=O)C(C)Oc2ccc(C(C)=O)cc21. The molecule has 0 aromatic heterocycles. The van der Waals surface area contributed by atoms with Gasteiger partial charge in [-0.1, -0.05) is 19.8 Å². The van der Waals surface area contributed by atoms with Crippen LogP contribution in [-0.2, 0) is 9.59 Å². The molecule has 0 spiro atoms. The molecule has 1 heterocycles. The Morgan fingerprint density at radius 1 is 1.29 bits per heavy atom. The molecule has 1 aromatic rings. The topological polar surface area (TPSA) is 75.7 Å². The van der Waals surface area contributed by atoms with Crippen molar-refractivity contribution < 1.29 is 19.1 Å². The first-order valence-electron chi connectivity index (χ1n) is 8.33. The highest BCUT2D eigenvalue weighted by molar-refractivity contribution is 6.05. The number of benzene rings is 1. The van der Waals surface area contributed by atoms with Crippen molar-refractivity contribution in [1.29, 1.82) is 0 Å². The van der Waals surface area contributed by atoms with Gasteiger partial charge in [0.2, 0.25) is 5.91 Å². The van der Waals surface area contributed by atoms with E-state index in [1.807, 2.05) is 0 Å². The van der Waals surface area contributed by atoms with E-state index in [-0.39, 0.29) is 24.1 Å². The van der Waals surface area contributed by atoms with Crippen LogP contribution < -0.4 is 15.0 Å². The monoisotopic (exact) mass is 332 g/mol. The molecule has 0 bridgehead atoms. The molecule has 1 aromatic carbocycles. The second-order valence-electron chi connectivity index (χ2n) is 5.98. The number of fused-ring (bicyclic) bond motifs is 1. The van der Waals surface area contributed by atoms with Gasteiger partial charge < -0.3 is 10.1 Å². The van der Waals surface area contributed by atoms with Gasteiger partial charge in [-0.05, 0) is 38.5 Å². The number of ketones is 1. The standard InChI is InChI=1S/C18H24N2O4/c1-4-5-6-9-19-17(22)11-20-15-10-14(12(2)21)7-8-16(15)24-13(3)18(20)23/h7-8,10,13H,4-6,9,11H2,1-3H3,(H,19,22). The first-order chi connectivity index (χ1) is 11.4. The summed E-state index contributed by atoms with van der Waals surface area (Å²) in [4.78, 5) is 37.5. The van der Waals surface area contributed by atoms with Crippen molar-refractivity contribution in [2.24, 2.45) is 0 Å². The summed E-state index contributed by atoms with van der Waals surface area (Å²) in [6.07, 6.45) is 2.39. The molecule has 0 aliphatic carbocycles. The predicted molar refractivity (Wildman–Crippen MR) is 91.4 cm³/mol. The fraction of sp³-hybridized carbons (Fsp3) is 0.500. The number of hydrogen-bond donors (Lipinski definition) is 1. The number of carbonyl (C=O) groups excluding carboxylic acids is 3. The largest absolute Gasteiger partial charge is 0.479 e. The van der Waals surface area contributed by atoms with E-state index in [4.69, 9.17) is 4.74 Å². The molecule has 6 nitrogen and oxygen atoms in total. The average molecular weight is 332 g/mol. The zero-order valence-electron chi connectivity index (χ0n) is 14.4. The Bertz CT molecular complexity index is 642. The molecule has 130 valence electrons. The Balaban J connectivity index is 2.16. The first-order valence-corrected chi connectivity index (χ1v) is 8.33. The normalized spacial score (nSPS) is 16.4. The van der Waals surface area contributed by atoms with E-state index >= 15 is 0 Å². The van der Waals surface area contributed by atoms with Crippen molar-refractivity contribution in [2.75, 3.05) is 18.0 Å². The van der Waals surface area contributed by atoms with Crippen LogP contribution in [-0.4, -0.2) is 36.8 Å². The van der Waals surface area contributed by atoms with Gasteiger partial charge >= 0.3 is 0 Å². The van der Waals surface area contributed by atoms with Crippen LogP contribution in [0.15, 0.2) is 18.2 Å². The second-order valence-corrected chi connectivity index (χ2v) is 5.98. The molecule has 0 fully saturated rings. The van der Waals surface area contributed by atoms with E-state index in [9.17, 15) is 14.4 Å². The van der Waals surface area contributed by atoms with E-state index in [0.29, 0.717) is 23.5 Å². The Labute approximate surface area is 142 Å². The molecule has 0 saturated carbocycles. The lowest BCUT2D eigenvalue weighted by Crippen LogP contribution is -2.49. The van der Waals surface area contributed by atoms with E-state index < -0.39 is 6.10 Å². The third-order valence-corrected chi connectivity index (χ3v) is 3.98. The number of ether oxygens (including phenoxy) is 1. The van der Waals surface area contributed by atoms with Gasteiger partial charge in [0.05, 0.1) is 5.69 Å². The van der Waals surface area contributed by atoms with E-state index in [0.717, 1.165) is 19.3 Å². The molecule has 0 radical (unpaired) electrons. The van der Waals surface area contributed by atoms with Gasteiger partial charge in [-0.2, -0.15) is 0 Å². The number of amides is 2. The van der Waals surface area contributed by atoms with Crippen LogP contribution in [0.2, 0.25) is 0 Å². The molecule has 2 rings (SSSR count). The van der Waals surface area contributed by atoms with Gasteiger partial charge in [-0.3, -0.25) is 19.3 Å². The maximum atomic E-state index is 12.4. The van der Waals surface area contributed by atoms with Crippen LogP contribution in [0.4, 0.5) is 5.69 Å². The summed E-state index contributed by atoms with van der Waals surface area (Å²) in [6.45, 7) is 5.73. The molecule has 6 heteroatoms. The number of carbonyl (C=O) groups is 3. The molecule has 0 saturated heterocycles. The van der Waals surface area contributed by atoms with Crippen LogP contribution in [0.1, 0.15) is 50.4 Å². The molecule has 1 N–H and O–H groups in total. The van der Waals surface area contributed by atoms with Crippen LogP contribution >= 0.6 is 0 Å². The van der Waals surface area contributed by atoms with Crippen molar-refractivity contribution in [3.63, 3.8) is 0 Å². The maximum absolute atomic E-state index is 12.4. The minimum absolute atomic E-state index is 0.0764. The highest BCUT2D eigenvalue weighted by Gasteiger charge is 2.33. The van der Waals surface area contributed by atoms with Crippen LogP contribution in [0.25, 0.3) is 0 Å². The van der Waals surface area contributed by atoms with Crippen molar-refractivity contribution in [3.8, 4) is 5.75 Å². The molecule has 24 heavy (non-hydrogen) atoms. The number of rotatable bonds is 7. The van der Waals surface area contributed by atoms with Gasteiger partial charge in [-0.25, -0.2) is 0 Å². The van der Waals surface area contributed by atoms with Crippen molar-refractivity contribution in [2.45, 2.75) is 46.1 Å². The third kappa shape index (κ3) is 4.13. The Morgan fingerprint density at radius 3 is 2.71 bits per heavy atom. The van der Waals surface area contributed by atoms with Gasteiger partial charge in [0, 0.05) is 12.1 Å². The molecule has 2 amide bonds. The Hall–Kier alpha value is -2.37. The molecule has 1 atom stereocenters. The van der Waals surface area contributed by atoms with Crippen molar-refractivity contribution >= 4 is 23.3 Å². The quantitative estimate of drug-likeness (QED) is 0.614. The number of nitrogens with one attached hydrogen (secondary N) is 1. The molecular weight excluding hydrogens is 308 g/mol. The molecule has 1 unspecified atom stereocenters. The third-order valence-electron chi connectivity index (χ3n) is 3.98. The zero-order chi connectivity index (χ0) is 17.7. The highest BCUT2D eigenvalue weighted by Crippen LogP contribution is 2.34. The lowest BCUT2D eigenvalue weighted by Gasteiger charge is -2.32. The van der Waals surface area contributed by atoms with E-state index in [1.165, 1.54) is 11.8 Å². The zero-order valence-corrected chi connectivity index (χ0v) is 14.4. The first kappa shape index (κ1) is 18.0. The molecular formula is C18H24N2O4. The minimum atomic E-state index is -0.659. The summed E-state index contributed by atoms with van der Waals surface area (Å²) in [7, 11) is 0. The predicted octanol–water partition coefficient (Wildman–Crippen LogP) is 2.31.